The van der Waals surface area contributed by atoms with Gasteiger partial charge in [-0.15, -0.1) is 0 Å². The molecule has 2 rings (SSSR count). The van der Waals surface area contributed by atoms with Crippen LogP contribution >= 0.6 is 0 Å². The first-order chi connectivity index (χ1) is 8.35. The third-order valence-corrected chi connectivity index (χ3v) is 1.98. The number of pyridine rings is 1. The van der Waals surface area contributed by atoms with E-state index >= 15 is 0 Å². The van der Waals surface area contributed by atoms with Crippen LogP contribution in [0.15, 0.2) is 23.1 Å². The molecule has 0 radical (unpaired) electrons. The van der Waals surface area contributed by atoms with Crippen LogP contribution in [0.2, 0.25) is 0 Å². The molecular formula is C11H13N3O4. The molecule has 0 amide bonds. The van der Waals surface area contributed by atoms with Gasteiger partial charge in [-0.05, 0) is 32.9 Å². The van der Waals surface area contributed by atoms with Gasteiger partial charge in [-0.2, -0.15) is 5.10 Å². The van der Waals surface area contributed by atoms with Gasteiger partial charge in [0.25, 0.3) is 0 Å². The number of nitrogens with zero attached hydrogens (tertiary/aromatic N) is 2. The van der Waals surface area contributed by atoms with Gasteiger partial charge in [0, 0.05) is 0 Å². The van der Waals surface area contributed by atoms with Gasteiger partial charge in [-0.25, -0.2) is 19.1 Å². The molecule has 96 valence electrons. The van der Waals surface area contributed by atoms with Gasteiger partial charge in [-0.3, -0.25) is 0 Å². The number of rotatable bonds is 1. The van der Waals surface area contributed by atoms with Crippen LogP contribution in [0.4, 0.5) is 4.79 Å². The van der Waals surface area contributed by atoms with Crippen molar-refractivity contribution >= 4 is 11.8 Å². The minimum absolute atomic E-state index is 0.209. The number of hydrogen-bond donors (Lipinski definition) is 1. The Morgan fingerprint density at radius 3 is 2.78 bits per heavy atom. The van der Waals surface area contributed by atoms with Crippen LogP contribution in [-0.2, 0) is 4.74 Å². The zero-order valence-corrected chi connectivity index (χ0v) is 10.3. The SMILES string of the molecule is CC(C)(C)OC(=O)Oc1ccc2n[nH]c(=O)n2c1. The number of aromatic amines is 1. The van der Waals surface area contributed by atoms with Crippen LogP contribution in [0, 0.1) is 0 Å². The van der Waals surface area contributed by atoms with Crippen LogP contribution in [0.25, 0.3) is 5.65 Å². The molecule has 0 unspecified atom stereocenters. The average molecular weight is 251 g/mol. The predicted molar refractivity (Wildman–Crippen MR) is 62.7 cm³/mol. The molecule has 0 aliphatic heterocycles. The lowest BCUT2D eigenvalue weighted by Gasteiger charge is -2.18. The van der Waals surface area contributed by atoms with Crippen molar-refractivity contribution in [2.24, 2.45) is 0 Å². The lowest BCUT2D eigenvalue weighted by atomic mass is 10.2. The summed E-state index contributed by atoms with van der Waals surface area (Å²) in [5, 5.41) is 6.03. The van der Waals surface area contributed by atoms with Crippen molar-refractivity contribution < 1.29 is 14.3 Å². The van der Waals surface area contributed by atoms with E-state index in [1.165, 1.54) is 16.7 Å². The molecule has 0 fully saturated rings. The Kier molecular flexibility index (Phi) is 2.82. The summed E-state index contributed by atoms with van der Waals surface area (Å²) in [4.78, 5) is 22.8. The predicted octanol–water partition coefficient (Wildman–Crippen LogP) is 1.34. The van der Waals surface area contributed by atoms with Crippen LogP contribution < -0.4 is 10.4 Å². The smallest absolute Gasteiger partial charge is 0.428 e. The first kappa shape index (κ1) is 12.2. The van der Waals surface area contributed by atoms with Gasteiger partial charge in [0.1, 0.15) is 5.60 Å². The minimum Gasteiger partial charge on any atom is -0.428 e. The van der Waals surface area contributed by atoms with E-state index in [9.17, 15) is 9.59 Å². The number of carbonyl (C=O) groups is 1. The summed E-state index contributed by atoms with van der Waals surface area (Å²) >= 11 is 0. The van der Waals surface area contributed by atoms with Crippen LogP contribution in [-0.4, -0.2) is 26.4 Å². The van der Waals surface area contributed by atoms with E-state index in [-0.39, 0.29) is 5.75 Å². The number of fused-ring (bicyclic) bond motifs is 1. The molecule has 0 saturated heterocycles. The fourth-order valence-electron chi connectivity index (χ4n) is 1.31. The highest BCUT2D eigenvalue weighted by Crippen LogP contribution is 2.14. The summed E-state index contributed by atoms with van der Waals surface area (Å²) in [6.45, 7) is 5.20. The molecule has 0 saturated carbocycles. The number of hydrogen-bond acceptors (Lipinski definition) is 5. The van der Waals surface area contributed by atoms with Gasteiger partial charge < -0.3 is 9.47 Å². The molecule has 0 atom stereocenters. The highest BCUT2D eigenvalue weighted by atomic mass is 16.7. The molecule has 7 heteroatoms. The number of ether oxygens (including phenoxy) is 2. The fourth-order valence-corrected chi connectivity index (χ4v) is 1.31. The first-order valence-electron chi connectivity index (χ1n) is 5.33. The summed E-state index contributed by atoms with van der Waals surface area (Å²) in [6, 6.07) is 3.08. The molecule has 0 spiro atoms. The second kappa shape index (κ2) is 4.17. The Labute approximate surface area is 102 Å². The van der Waals surface area contributed by atoms with Gasteiger partial charge in [0.15, 0.2) is 11.4 Å². The quantitative estimate of drug-likeness (QED) is 0.773. The van der Waals surface area contributed by atoms with E-state index < -0.39 is 17.4 Å². The highest BCUT2D eigenvalue weighted by Gasteiger charge is 2.18. The molecule has 0 aromatic carbocycles. The fraction of sp³-hybridized carbons (Fsp3) is 0.364. The summed E-state index contributed by atoms with van der Waals surface area (Å²) in [5.41, 5.74) is -0.593. The number of carbonyl (C=O) groups excluding carboxylic acids is 1. The van der Waals surface area contributed by atoms with Crippen molar-refractivity contribution in [3.8, 4) is 5.75 Å². The largest absolute Gasteiger partial charge is 0.514 e. The number of H-pyrrole nitrogens is 1. The number of aromatic nitrogens is 3. The monoisotopic (exact) mass is 251 g/mol. The van der Waals surface area contributed by atoms with Gasteiger partial charge in [-0.1, -0.05) is 0 Å². The summed E-state index contributed by atoms with van der Waals surface area (Å²) in [5.74, 6) is 0.209. The normalized spacial score (nSPS) is 11.5. The third-order valence-electron chi connectivity index (χ3n) is 1.98. The Hall–Kier alpha value is -2.31. The lowest BCUT2D eigenvalue weighted by Crippen LogP contribution is -2.26. The average Bonchev–Trinajstić information content (AvgIpc) is 2.57. The molecule has 2 heterocycles. The molecule has 2 aromatic heterocycles. The molecule has 0 aliphatic carbocycles. The third kappa shape index (κ3) is 2.68. The second-order valence-corrected chi connectivity index (χ2v) is 4.69. The van der Waals surface area contributed by atoms with Gasteiger partial charge in [0.05, 0.1) is 6.20 Å². The first-order valence-corrected chi connectivity index (χ1v) is 5.33. The summed E-state index contributed by atoms with van der Waals surface area (Å²) in [6.07, 6.45) is 0.545. The Balaban J connectivity index is 2.19. The van der Waals surface area contributed by atoms with Crippen molar-refractivity contribution in [1.29, 1.82) is 0 Å². The van der Waals surface area contributed by atoms with Crippen molar-refractivity contribution in [2.75, 3.05) is 0 Å². The van der Waals surface area contributed by atoms with Crippen molar-refractivity contribution in [2.45, 2.75) is 26.4 Å². The van der Waals surface area contributed by atoms with Crippen molar-refractivity contribution in [1.82, 2.24) is 14.6 Å². The lowest BCUT2D eigenvalue weighted by molar-refractivity contribution is 0.0205. The van der Waals surface area contributed by atoms with Crippen LogP contribution in [0.5, 0.6) is 5.75 Å². The molecule has 0 bridgehead atoms. The molecule has 0 aliphatic rings. The maximum Gasteiger partial charge on any atom is 0.514 e. The topological polar surface area (TPSA) is 85.7 Å². The van der Waals surface area contributed by atoms with Gasteiger partial charge >= 0.3 is 11.8 Å². The van der Waals surface area contributed by atoms with Crippen molar-refractivity contribution in [3.63, 3.8) is 0 Å². The van der Waals surface area contributed by atoms with Gasteiger partial charge in [0.2, 0.25) is 0 Å². The zero-order chi connectivity index (χ0) is 13.3. The van der Waals surface area contributed by atoms with E-state index in [0.29, 0.717) is 5.65 Å². The maximum atomic E-state index is 11.4. The Morgan fingerprint density at radius 2 is 2.11 bits per heavy atom. The highest BCUT2D eigenvalue weighted by molar-refractivity contribution is 5.64. The Bertz CT molecular complexity index is 636. The summed E-state index contributed by atoms with van der Waals surface area (Å²) in [7, 11) is 0. The van der Waals surface area contributed by atoms with E-state index in [1.807, 2.05) is 0 Å². The van der Waals surface area contributed by atoms with E-state index in [4.69, 9.17) is 9.47 Å². The summed E-state index contributed by atoms with van der Waals surface area (Å²) < 4.78 is 11.2. The van der Waals surface area contributed by atoms with E-state index in [1.54, 1.807) is 26.8 Å². The zero-order valence-electron chi connectivity index (χ0n) is 10.3. The molecule has 1 N–H and O–H groups in total. The molecule has 7 nitrogen and oxygen atoms in total. The number of nitrogens with one attached hydrogen (secondary N) is 1. The van der Waals surface area contributed by atoms with Crippen molar-refractivity contribution in [3.05, 3.63) is 28.8 Å². The van der Waals surface area contributed by atoms with E-state index in [2.05, 4.69) is 10.2 Å². The Morgan fingerprint density at radius 1 is 1.39 bits per heavy atom. The minimum atomic E-state index is -0.821. The molecule has 18 heavy (non-hydrogen) atoms. The maximum absolute atomic E-state index is 11.4. The van der Waals surface area contributed by atoms with Crippen LogP contribution in [0.1, 0.15) is 20.8 Å². The molecular weight excluding hydrogens is 238 g/mol. The molecule has 2 aromatic rings. The van der Waals surface area contributed by atoms with E-state index in [0.717, 1.165) is 0 Å². The second-order valence-electron chi connectivity index (χ2n) is 4.69. The standard InChI is InChI=1S/C11H13N3O4/c1-11(2,3)18-10(16)17-7-4-5-8-12-13-9(15)14(8)6-7/h4-6H,1-3H3,(H,13,15). The van der Waals surface area contributed by atoms with Crippen LogP contribution in [0.3, 0.4) is 0 Å².